The van der Waals surface area contributed by atoms with Crippen molar-refractivity contribution in [3.8, 4) is 5.75 Å². The predicted molar refractivity (Wildman–Crippen MR) is 105 cm³/mol. The van der Waals surface area contributed by atoms with Crippen molar-refractivity contribution in [1.82, 2.24) is 10.8 Å². The number of rotatable bonds is 10. The van der Waals surface area contributed by atoms with Crippen LogP contribution in [0.5, 0.6) is 5.75 Å². The Hall–Kier alpha value is -2.61. The van der Waals surface area contributed by atoms with Gasteiger partial charge in [-0.2, -0.15) is 0 Å². The number of ether oxygens (including phenoxy) is 1. The zero-order valence-electron chi connectivity index (χ0n) is 17.0. The third-order valence-electron chi connectivity index (χ3n) is 4.54. The number of primary amides is 1. The van der Waals surface area contributed by atoms with E-state index in [4.69, 9.17) is 15.7 Å². The minimum Gasteiger partial charge on any atom is -0.497 e. The smallest absolute Gasteiger partial charge is 0.244 e. The summed E-state index contributed by atoms with van der Waals surface area (Å²) in [6, 6.07) is 6.74. The Morgan fingerprint density at radius 1 is 1.18 bits per heavy atom. The second-order valence-electron chi connectivity index (χ2n) is 7.89. The molecule has 0 heterocycles. The molecular weight excluding hydrogens is 362 g/mol. The number of hydrogen-bond donors (Lipinski definition) is 4. The maximum absolute atomic E-state index is 12.7. The molecule has 28 heavy (non-hydrogen) atoms. The third-order valence-corrected chi connectivity index (χ3v) is 4.54. The summed E-state index contributed by atoms with van der Waals surface area (Å²) in [5.41, 5.74) is 7.49. The van der Waals surface area contributed by atoms with Gasteiger partial charge in [0.1, 0.15) is 11.8 Å². The molecule has 1 rings (SSSR count). The third kappa shape index (κ3) is 7.56. The highest BCUT2D eigenvalue weighted by atomic mass is 16.5. The summed E-state index contributed by atoms with van der Waals surface area (Å²) in [5, 5.41) is 11.5. The van der Waals surface area contributed by atoms with Gasteiger partial charge in [-0.05, 0) is 42.4 Å². The summed E-state index contributed by atoms with van der Waals surface area (Å²) in [4.78, 5) is 36.0. The molecule has 0 aliphatic rings. The second-order valence-corrected chi connectivity index (χ2v) is 7.89. The van der Waals surface area contributed by atoms with Crippen molar-refractivity contribution in [2.75, 3.05) is 7.11 Å². The van der Waals surface area contributed by atoms with Gasteiger partial charge in [-0.15, -0.1) is 0 Å². The summed E-state index contributed by atoms with van der Waals surface area (Å²) in [6.07, 6.45) is 1.61. The number of nitrogens with one attached hydrogen (secondary N) is 2. The SMILES string of the molecule is COc1ccc(CCC[C@H](CC(=O)NO)C(=O)N[C@H](C(N)=O)C(C)(C)C)cc1. The van der Waals surface area contributed by atoms with Crippen LogP contribution in [0.3, 0.4) is 0 Å². The number of carbonyl (C=O) groups is 3. The van der Waals surface area contributed by atoms with E-state index in [-0.39, 0.29) is 6.42 Å². The topological polar surface area (TPSA) is 131 Å². The largest absolute Gasteiger partial charge is 0.497 e. The van der Waals surface area contributed by atoms with Crippen LogP contribution in [-0.2, 0) is 20.8 Å². The van der Waals surface area contributed by atoms with Gasteiger partial charge in [0, 0.05) is 12.3 Å². The zero-order chi connectivity index (χ0) is 21.3. The van der Waals surface area contributed by atoms with Crippen molar-refractivity contribution < 1.29 is 24.3 Å². The molecule has 0 fully saturated rings. The summed E-state index contributed by atoms with van der Waals surface area (Å²) in [6.45, 7) is 5.38. The summed E-state index contributed by atoms with van der Waals surface area (Å²) in [5.74, 6) is -1.65. The van der Waals surface area contributed by atoms with E-state index in [0.29, 0.717) is 19.3 Å². The first kappa shape index (κ1) is 23.4. The van der Waals surface area contributed by atoms with E-state index in [0.717, 1.165) is 11.3 Å². The van der Waals surface area contributed by atoms with Gasteiger partial charge in [-0.1, -0.05) is 32.9 Å². The van der Waals surface area contributed by atoms with E-state index in [2.05, 4.69) is 5.32 Å². The Morgan fingerprint density at radius 3 is 2.25 bits per heavy atom. The minimum absolute atomic E-state index is 0.180. The number of hydroxylamine groups is 1. The average Bonchev–Trinajstić information content (AvgIpc) is 2.64. The summed E-state index contributed by atoms with van der Waals surface area (Å²) < 4.78 is 5.12. The fourth-order valence-corrected chi connectivity index (χ4v) is 2.91. The van der Waals surface area contributed by atoms with Crippen molar-refractivity contribution in [1.29, 1.82) is 0 Å². The highest BCUT2D eigenvalue weighted by Crippen LogP contribution is 2.21. The van der Waals surface area contributed by atoms with Gasteiger partial charge in [0.2, 0.25) is 17.7 Å². The molecule has 8 nitrogen and oxygen atoms in total. The van der Waals surface area contributed by atoms with E-state index in [1.165, 1.54) is 0 Å². The number of hydrogen-bond acceptors (Lipinski definition) is 5. The quantitative estimate of drug-likeness (QED) is 0.354. The Bertz CT molecular complexity index is 667. The summed E-state index contributed by atoms with van der Waals surface area (Å²) >= 11 is 0. The van der Waals surface area contributed by atoms with Crippen LogP contribution in [0.2, 0.25) is 0 Å². The maximum Gasteiger partial charge on any atom is 0.244 e. The highest BCUT2D eigenvalue weighted by molar-refractivity contribution is 5.90. The van der Waals surface area contributed by atoms with E-state index in [1.807, 2.05) is 24.3 Å². The first-order chi connectivity index (χ1) is 13.1. The van der Waals surface area contributed by atoms with Crippen molar-refractivity contribution in [2.45, 2.75) is 52.5 Å². The van der Waals surface area contributed by atoms with Gasteiger partial charge < -0.3 is 15.8 Å². The normalized spacial score (nSPS) is 13.3. The highest BCUT2D eigenvalue weighted by Gasteiger charge is 2.33. The number of nitrogens with two attached hydrogens (primary N) is 1. The average molecular weight is 393 g/mol. The van der Waals surface area contributed by atoms with Crippen LogP contribution in [0.1, 0.15) is 45.6 Å². The van der Waals surface area contributed by atoms with Crippen LogP contribution >= 0.6 is 0 Å². The molecule has 0 saturated heterocycles. The predicted octanol–water partition coefficient (Wildman–Crippen LogP) is 1.55. The molecule has 156 valence electrons. The van der Waals surface area contributed by atoms with Gasteiger partial charge in [-0.25, -0.2) is 5.48 Å². The lowest BCUT2D eigenvalue weighted by Gasteiger charge is -2.30. The minimum atomic E-state index is -0.860. The molecule has 0 unspecified atom stereocenters. The van der Waals surface area contributed by atoms with Crippen LogP contribution < -0.4 is 21.3 Å². The molecular formula is C20H31N3O5. The monoisotopic (exact) mass is 393 g/mol. The molecule has 0 radical (unpaired) electrons. The lowest BCUT2D eigenvalue weighted by atomic mass is 9.85. The van der Waals surface area contributed by atoms with Crippen LogP contribution in [0.4, 0.5) is 0 Å². The van der Waals surface area contributed by atoms with Crippen molar-refractivity contribution in [2.24, 2.45) is 17.1 Å². The van der Waals surface area contributed by atoms with Gasteiger partial charge in [-0.3, -0.25) is 19.6 Å². The van der Waals surface area contributed by atoms with E-state index in [9.17, 15) is 14.4 Å². The lowest BCUT2D eigenvalue weighted by molar-refractivity contribution is -0.136. The van der Waals surface area contributed by atoms with E-state index in [1.54, 1.807) is 33.4 Å². The van der Waals surface area contributed by atoms with Gasteiger partial charge in [0.15, 0.2) is 0 Å². The number of carbonyl (C=O) groups excluding carboxylic acids is 3. The molecule has 1 aromatic rings. The number of amides is 3. The first-order valence-corrected chi connectivity index (χ1v) is 9.24. The number of benzene rings is 1. The van der Waals surface area contributed by atoms with Crippen LogP contribution in [-0.4, -0.2) is 36.1 Å². The van der Waals surface area contributed by atoms with Gasteiger partial charge in [0.05, 0.1) is 7.11 Å². The molecule has 0 bridgehead atoms. The molecule has 1 aromatic carbocycles. The molecule has 3 amide bonds. The maximum atomic E-state index is 12.7. The van der Waals surface area contributed by atoms with Crippen molar-refractivity contribution in [3.63, 3.8) is 0 Å². The van der Waals surface area contributed by atoms with E-state index >= 15 is 0 Å². The Morgan fingerprint density at radius 2 is 1.79 bits per heavy atom. The van der Waals surface area contributed by atoms with Crippen LogP contribution in [0.15, 0.2) is 24.3 Å². The van der Waals surface area contributed by atoms with Gasteiger partial charge >= 0.3 is 0 Å². The summed E-state index contributed by atoms with van der Waals surface area (Å²) in [7, 11) is 1.60. The number of aryl methyl sites for hydroxylation is 1. The molecule has 0 spiro atoms. The zero-order valence-corrected chi connectivity index (χ0v) is 17.0. The first-order valence-electron chi connectivity index (χ1n) is 9.24. The molecule has 0 saturated carbocycles. The van der Waals surface area contributed by atoms with Crippen LogP contribution in [0.25, 0.3) is 0 Å². The molecule has 0 aliphatic carbocycles. The Labute approximate surface area is 165 Å². The second kappa shape index (κ2) is 10.7. The fourth-order valence-electron chi connectivity index (χ4n) is 2.91. The van der Waals surface area contributed by atoms with Crippen LogP contribution in [0, 0.1) is 11.3 Å². The molecule has 2 atom stereocenters. The standard InChI is InChI=1S/C20H31N3O5/c1-20(2,3)17(18(21)25)22-19(26)14(12-16(24)23-27)7-5-6-13-8-10-15(28-4)11-9-13/h8-11,14,17,27H,5-7,12H2,1-4H3,(H2,21,25)(H,22,26)(H,23,24)/t14-,17-/m1/s1. The molecule has 0 aliphatic heterocycles. The Balaban J connectivity index is 2.76. The van der Waals surface area contributed by atoms with Gasteiger partial charge in [0.25, 0.3) is 0 Å². The van der Waals surface area contributed by atoms with Crippen molar-refractivity contribution >= 4 is 17.7 Å². The molecule has 5 N–H and O–H groups in total. The fraction of sp³-hybridized carbons (Fsp3) is 0.550. The lowest BCUT2D eigenvalue weighted by Crippen LogP contribution is -2.53. The molecule has 8 heteroatoms. The number of methoxy groups -OCH3 is 1. The van der Waals surface area contributed by atoms with E-state index < -0.39 is 35.1 Å². The van der Waals surface area contributed by atoms with Crippen molar-refractivity contribution in [3.05, 3.63) is 29.8 Å². The molecule has 0 aromatic heterocycles. The Kier molecular flexibility index (Phi) is 8.91.